The lowest BCUT2D eigenvalue weighted by atomic mass is 10.2. The molecule has 2 heterocycles. The summed E-state index contributed by atoms with van der Waals surface area (Å²) in [5.74, 6) is 0.177. The number of fused-ring (bicyclic) bond motifs is 2. The molecule has 158 valence electrons. The van der Waals surface area contributed by atoms with Gasteiger partial charge in [-0.2, -0.15) is 9.78 Å². The van der Waals surface area contributed by atoms with Gasteiger partial charge in [0, 0.05) is 27.1 Å². The van der Waals surface area contributed by atoms with Crippen LogP contribution < -0.4 is 5.56 Å². The Labute approximate surface area is 187 Å². The van der Waals surface area contributed by atoms with Crippen molar-refractivity contribution >= 4 is 49.9 Å². The third kappa shape index (κ3) is 4.29. The summed E-state index contributed by atoms with van der Waals surface area (Å²) >= 11 is 3.39. The Morgan fingerprint density at radius 3 is 2.77 bits per heavy atom. The Morgan fingerprint density at radius 1 is 1.23 bits per heavy atom. The first kappa shape index (κ1) is 21.0. The number of ether oxygens (including phenoxy) is 1. The maximum absolute atomic E-state index is 13.0. The molecular formula is C23H21BrN4O3. The van der Waals surface area contributed by atoms with Gasteiger partial charge in [-0.1, -0.05) is 34.1 Å². The summed E-state index contributed by atoms with van der Waals surface area (Å²) in [6.07, 6.45) is 3.28. The normalized spacial score (nSPS) is 11.8. The number of aromatic nitrogens is 3. The predicted molar refractivity (Wildman–Crippen MR) is 125 cm³/mol. The van der Waals surface area contributed by atoms with Crippen LogP contribution in [-0.2, 0) is 16.1 Å². The quantitative estimate of drug-likeness (QED) is 0.315. The van der Waals surface area contributed by atoms with E-state index in [4.69, 9.17) is 4.74 Å². The largest absolute Gasteiger partial charge is 0.462 e. The molecule has 4 rings (SSSR count). The number of halogens is 1. The molecule has 0 unspecified atom stereocenters. The molecule has 0 saturated heterocycles. The molecule has 4 aromatic rings. The first-order valence-electron chi connectivity index (χ1n) is 9.84. The lowest BCUT2D eigenvalue weighted by Crippen LogP contribution is -2.20. The molecule has 2 aromatic heterocycles. The van der Waals surface area contributed by atoms with E-state index in [1.54, 1.807) is 25.3 Å². The summed E-state index contributed by atoms with van der Waals surface area (Å²) in [5, 5.41) is 5.82. The lowest BCUT2D eigenvalue weighted by Gasteiger charge is -2.09. The van der Waals surface area contributed by atoms with Crippen LogP contribution in [0.5, 0.6) is 0 Å². The van der Waals surface area contributed by atoms with E-state index in [1.165, 1.54) is 4.68 Å². The molecule has 0 aliphatic rings. The van der Waals surface area contributed by atoms with Crippen LogP contribution in [0.1, 0.15) is 25.2 Å². The lowest BCUT2D eigenvalue weighted by molar-refractivity contribution is -0.148. The minimum absolute atomic E-state index is 0.0943. The number of nitrogens with zero attached hydrogens (tertiary/aromatic N) is 4. The van der Waals surface area contributed by atoms with Gasteiger partial charge in [0.1, 0.15) is 12.4 Å². The van der Waals surface area contributed by atoms with Crippen LogP contribution in [-0.4, -0.2) is 32.5 Å². The number of benzene rings is 2. The van der Waals surface area contributed by atoms with E-state index in [0.717, 1.165) is 20.9 Å². The predicted octanol–water partition coefficient (Wildman–Crippen LogP) is 4.26. The molecule has 31 heavy (non-hydrogen) atoms. The van der Waals surface area contributed by atoms with Crippen LogP contribution in [0.2, 0.25) is 0 Å². The molecule has 0 N–H and O–H groups in total. The highest BCUT2D eigenvalue weighted by molar-refractivity contribution is 9.10. The van der Waals surface area contributed by atoms with Crippen LogP contribution >= 0.6 is 15.9 Å². The molecule has 0 amide bonds. The standard InChI is InChI=1S/C23H21BrN4O3/c1-14(2)31-22(29)13-27-12-16(18-6-4-5-7-21(18)27)11-25-28-15(3)26-20-9-8-17(24)10-19(20)23(28)30/h4-12,14H,13H2,1-3H3. The Morgan fingerprint density at radius 2 is 2.00 bits per heavy atom. The third-order valence-electron chi connectivity index (χ3n) is 4.77. The third-order valence-corrected chi connectivity index (χ3v) is 5.26. The number of hydrogen-bond donors (Lipinski definition) is 0. The number of esters is 1. The second kappa shape index (κ2) is 8.47. The van der Waals surface area contributed by atoms with Crippen LogP contribution in [0.15, 0.2) is 63.0 Å². The van der Waals surface area contributed by atoms with Crippen LogP contribution in [0.3, 0.4) is 0 Å². The summed E-state index contributed by atoms with van der Waals surface area (Å²) < 4.78 is 9.19. The average Bonchev–Trinajstić information content (AvgIpc) is 3.05. The molecule has 0 aliphatic heterocycles. The van der Waals surface area contributed by atoms with Crippen molar-refractivity contribution in [1.82, 2.24) is 14.2 Å². The highest BCUT2D eigenvalue weighted by Crippen LogP contribution is 2.21. The van der Waals surface area contributed by atoms with Gasteiger partial charge in [-0.15, -0.1) is 0 Å². The Hall–Kier alpha value is -3.26. The molecule has 7 nitrogen and oxygen atoms in total. The Bertz CT molecular complexity index is 1390. The van der Waals surface area contributed by atoms with Crippen molar-refractivity contribution < 1.29 is 9.53 Å². The summed E-state index contributed by atoms with van der Waals surface area (Å²) in [4.78, 5) is 29.6. The van der Waals surface area contributed by atoms with E-state index in [0.29, 0.717) is 16.7 Å². The molecular weight excluding hydrogens is 460 g/mol. The number of aryl methyl sites for hydroxylation is 1. The van der Waals surface area contributed by atoms with E-state index in [9.17, 15) is 9.59 Å². The van der Waals surface area contributed by atoms with Gasteiger partial charge in [-0.25, -0.2) is 4.98 Å². The molecule has 0 spiro atoms. The van der Waals surface area contributed by atoms with Crippen molar-refractivity contribution in [3.05, 3.63) is 74.9 Å². The fourth-order valence-corrected chi connectivity index (χ4v) is 3.82. The van der Waals surface area contributed by atoms with Crippen molar-refractivity contribution in [2.75, 3.05) is 0 Å². The summed E-state index contributed by atoms with van der Waals surface area (Å²) in [6.45, 7) is 5.47. The zero-order chi connectivity index (χ0) is 22.1. The van der Waals surface area contributed by atoms with Gasteiger partial charge in [0.2, 0.25) is 0 Å². The monoisotopic (exact) mass is 480 g/mol. The molecule has 0 radical (unpaired) electrons. The van der Waals surface area contributed by atoms with Gasteiger partial charge in [-0.05, 0) is 45.0 Å². The van der Waals surface area contributed by atoms with Crippen LogP contribution in [0.4, 0.5) is 0 Å². The zero-order valence-corrected chi connectivity index (χ0v) is 19.0. The van der Waals surface area contributed by atoms with Gasteiger partial charge in [0.15, 0.2) is 0 Å². The molecule has 0 saturated carbocycles. The maximum Gasteiger partial charge on any atom is 0.326 e. The van der Waals surface area contributed by atoms with Gasteiger partial charge in [-0.3, -0.25) is 9.59 Å². The molecule has 0 bridgehead atoms. The second-order valence-corrected chi connectivity index (χ2v) is 8.37. The van der Waals surface area contributed by atoms with Crippen LogP contribution in [0, 0.1) is 6.92 Å². The Balaban J connectivity index is 1.75. The average molecular weight is 481 g/mol. The van der Waals surface area contributed by atoms with Gasteiger partial charge < -0.3 is 9.30 Å². The molecule has 2 aromatic carbocycles. The van der Waals surface area contributed by atoms with Crippen molar-refractivity contribution in [1.29, 1.82) is 0 Å². The van der Waals surface area contributed by atoms with E-state index < -0.39 is 0 Å². The van der Waals surface area contributed by atoms with Crippen molar-refractivity contribution in [2.24, 2.45) is 5.10 Å². The number of rotatable bonds is 5. The van der Waals surface area contributed by atoms with Gasteiger partial charge in [0.25, 0.3) is 5.56 Å². The fraction of sp³-hybridized carbons (Fsp3) is 0.217. The molecule has 0 aliphatic carbocycles. The molecule has 0 fully saturated rings. The van der Waals surface area contributed by atoms with Crippen molar-refractivity contribution in [3.63, 3.8) is 0 Å². The van der Waals surface area contributed by atoms with Gasteiger partial charge in [0.05, 0.1) is 23.2 Å². The first-order valence-corrected chi connectivity index (χ1v) is 10.6. The van der Waals surface area contributed by atoms with E-state index in [2.05, 4.69) is 26.0 Å². The van der Waals surface area contributed by atoms with Crippen molar-refractivity contribution in [2.45, 2.75) is 33.4 Å². The van der Waals surface area contributed by atoms with Gasteiger partial charge >= 0.3 is 5.97 Å². The van der Waals surface area contributed by atoms with E-state index >= 15 is 0 Å². The number of carbonyl (C=O) groups excluding carboxylic acids is 1. The smallest absolute Gasteiger partial charge is 0.326 e. The molecule has 8 heteroatoms. The van der Waals surface area contributed by atoms with Crippen LogP contribution in [0.25, 0.3) is 21.8 Å². The number of para-hydroxylation sites is 1. The minimum Gasteiger partial charge on any atom is -0.462 e. The summed E-state index contributed by atoms with van der Waals surface area (Å²) in [6, 6.07) is 13.1. The summed E-state index contributed by atoms with van der Waals surface area (Å²) in [5.41, 5.74) is 2.05. The summed E-state index contributed by atoms with van der Waals surface area (Å²) in [7, 11) is 0. The second-order valence-electron chi connectivity index (χ2n) is 7.45. The van der Waals surface area contributed by atoms with E-state index in [-0.39, 0.29) is 24.2 Å². The zero-order valence-electron chi connectivity index (χ0n) is 17.4. The molecule has 0 atom stereocenters. The van der Waals surface area contributed by atoms with E-state index in [1.807, 2.05) is 54.9 Å². The highest BCUT2D eigenvalue weighted by atomic mass is 79.9. The SMILES string of the molecule is Cc1nc2ccc(Br)cc2c(=O)n1N=Cc1cn(CC(=O)OC(C)C)c2ccccc12. The number of hydrogen-bond acceptors (Lipinski definition) is 5. The fourth-order valence-electron chi connectivity index (χ4n) is 3.46. The highest BCUT2D eigenvalue weighted by Gasteiger charge is 2.13. The Kier molecular flexibility index (Phi) is 5.73. The number of carbonyl (C=O) groups is 1. The first-order chi connectivity index (χ1) is 14.8. The van der Waals surface area contributed by atoms with Crippen molar-refractivity contribution in [3.8, 4) is 0 Å². The minimum atomic E-state index is -0.310. The maximum atomic E-state index is 13.0. The topological polar surface area (TPSA) is 78.5 Å².